The minimum atomic E-state index is -0.478. The second kappa shape index (κ2) is 12.3. The van der Waals surface area contributed by atoms with Gasteiger partial charge in [0, 0.05) is 30.7 Å². The van der Waals surface area contributed by atoms with Gasteiger partial charge in [-0.2, -0.15) is 12.6 Å². The molecular formula is C19H36N2O3S. The topological polar surface area (TPSA) is 66.5 Å². The molecule has 1 unspecified atom stereocenters. The summed E-state index contributed by atoms with van der Waals surface area (Å²) in [6.45, 7) is 7.91. The molecule has 0 fully saturated rings. The zero-order valence-corrected chi connectivity index (χ0v) is 17.5. The maximum absolute atomic E-state index is 13.1. The Morgan fingerprint density at radius 2 is 1.68 bits per heavy atom. The first kappa shape index (κ1) is 24.0. The van der Waals surface area contributed by atoms with Gasteiger partial charge in [-0.1, -0.05) is 39.0 Å². The number of amides is 2. The van der Waals surface area contributed by atoms with Crippen LogP contribution in [0.3, 0.4) is 0 Å². The van der Waals surface area contributed by atoms with Crippen LogP contribution in [0.5, 0.6) is 0 Å². The molecule has 0 aliphatic rings. The predicted molar refractivity (Wildman–Crippen MR) is 106 cm³/mol. The Kier molecular flexibility index (Phi) is 11.8. The molecule has 1 N–H and O–H groups in total. The van der Waals surface area contributed by atoms with Gasteiger partial charge in [-0.05, 0) is 27.2 Å². The van der Waals surface area contributed by atoms with Crippen LogP contribution in [0, 0.1) is 5.92 Å². The highest BCUT2D eigenvalue weighted by Gasteiger charge is 2.33. The van der Waals surface area contributed by atoms with Crippen molar-refractivity contribution in [2.24, 2.45) is 5.92 Å². The van der Waals surface area contributed by atoms with Gasteiger partial charge in [0.2, 0.25) is 11.8 Å². The fourth-order valence-corrected chi connectivity index (χ4v) is 2.86. The summed E-state index contributed by atoms with van der Waals surface area (Å²) in [5.74, 6) is -0.564. The highest BCUT2D eigenvalue weighted by Crippen LogP contribution is 2.23. The Hall–Kier alpha value is -1.04. The number of carbonyl (C=O) groups is 3. The lowest BCUT2D eigenvalue weighted by Crippen LogP contribution is -2.52. The summed E-state index contributed by atoms with van der Waals surface area (Å²) >= 11 is 4.04. The molecular weight excluding hydrogens is 336 g/mol. The third-order valence-electron chi connectivity index (χ3n) is 4.31. The third-order valence-corrected chi connectivity index (χ3v) is 4.66. The second-order valence-electron chi connectivity index (χ2n) is 7.57. The molecule has 6 heteroatoms. The molecule has 0 radical (unpaired) electrons. The standard InChI is InChI=1S/C19H36N2O3S/c1-6-7-8-9-10-11-15(12-16(22)14-25)18(24)21(19(2,3)4)13-17(23)20-5/h15,25H,6-14H2,1-5H3,(H,20,23). The quantitative estimate of drug-likeness (QED) is 0.408. The molecule has 0 aliphatic heterocycles. The van der Waals surface area contributed by atoms with Gasteiger partial charge < -0.3 is 10.2 Å². The van der Waals surface area contributed by atoms with Crippen LogP contribution in [-0.4, -0.2) is 47.4 Å². The monoisotopic (exact) mass is 372 g/mol. The van der Waals surface area contributed by atoms with E-state index >= 15 is 0 Å². The molecule has 0 heterocycles. The Morgan fingerprint density at radius 3 is 2.16 bits per heavy atom. The Labute approximate surface area is 158 Å². The number of likely N-dealkylation sites (N-methyl/N-ethyl adjacent to an activating group) is 1. The number of nitrogens with zero attached hydrogens (tertiary/aromatic N) is 1. The summed E-state index contributed by atoms with van der Waals surface area (Å²) in [4.78, 5) is 38.4. The van der Waals surface area contributed by atoms with Gasteiger partial charge in [-0.15, -0.1) is 0 Å². The SMILES string of the molecule is CCCCCCCC(CC(=O)CS)C(=O)N(CC(=O)NC)C(C)(C)C. The van der Waals surface area contributed by atoms with Gasteiger partial charge in [0.1, 0.15) is 12.3 Å². The average molecular weight is 373 g/mol. The molecule has 0 aliphatic carbocycles. The molecule has 0 saturated carbocycles. The fourth-order valence-electron chi connectivity index (χ4n) is 2.74. The molecule has 0 aromatic carbocycles. The molecule has 0 aromatic rings. The number of carbonyl (C=O) groups excluding carboxylic acids is 3. The van der Waals surface area contributed by atoms with Crippen LogP contribution in [0.2, 0.25) is 0 Å². The van der Waals surface area contributed by atoms with Crippen LogP contribution in [-0.2, 0) is 14.4 Å². The Bertz CT molecular complexity index is 433. The van der Waals surface area contributed by atoms with Crippen molar-refractivity contribution in [3.8, 4) is 0 Å². The highest BCUT2D eigenvalue weighted by molar-refractivity contribution is 7.81. The van der Waals surface area contributed by atoms with E-state index in [9.17, 15) is 14.4 Å². The third kappa shape index (κ3) is 9.88. The number of hydrogen-bond donors (Lipinski definition) is 2. The molecule has 0 saturated heterocycles. The van der Waals surface area contributed by atoms with E-state index in [1.54, 1.807) is 11.9 Å². The highest BCUT2D eigenvalue weighted by atomic mass is 32.1. The minimum Gasteiger partial charge on any atom is -0.358 e. The van der Waals surface area contributed by atoms with E-state index in [1.165, 1.54) is 12.8 Å². The number of rotatable bonds is 12. The largest absolute Gasteiger partial charge is 0.358 e. The molecule has 2 amide bonds. The summed E-state index contributed by atoms with van der Waals surface area (Å²) in [6, 6.07) is 0. The van der Waals surface area contributed by atoms with E-state index in [1.807, 2.05) is 20.8 Å². The molecule has 1 atom stereocenters. The van der Waals surface area contributed by atoms with E-state index < -0.39 is 5.54 Å². The lowest BCUT2D eigenvalue weighted by atomic mass is 9.92. The summed E-state index contributed by atoms with van der Waals surface area (Å²) < 4.78 is 0. The maximum Gasteiger partial charge on any atom is 0.239 e. The normalized spacial score (nSPS) is 12.6. The molecule has 0 bridgehead atoms. The van der Waals surface area contributed by atoms with Crippen molar-refractivity contribution in [1.82, 2.24) is 10.2 Å². The van der Waals surface area contributed by atoms with E-state index in [4.69, 9.17) is 0 Å². The fraction of sp³-hybridized carbons (Fsp3) is 0.842. The van der Waals surface area contributed by atoms with Crippen molar-refractivity contribution >= 4 is 30.2 Å². The van der Waals surface area contributed by atoms with Gasteiger partial charge in [-0.25, -0.2) is 0 Å². The van der Waals surface area contributed by atoms with Gasteiger partial charge in [-0.3, -0.25) is 14.4 Å². The maximum atomic E-state index is 13.1. The van der Waals surface area contributed by atoms with Gasteiger partial charge in [0.05, 0.1) is 0 Å². The minimum absolute atomic E-state index is 0.0141. The first-order chi connectivity index (χ1) is 11.7. The summed E-state index contributed by atoms with van der Waals surface area (Å²) in [5, 5.41) is 2.57. The lowest BCUT2D eigenvalue weighted by molar-refractivity contribution is -0.145. The van der Waals surface area contributed by atoms with Crippen LogP contribution in [0.4, 0.5) is 0 Å². The van der Waals surface area contributed by atoms with E-state index in [0.717, 1.165) is 19.3 Å². The number of unbranched alkanes of at least 4 members (excludes halogenated alkanes) is 4. The number of thiol groups is 1. The smallest absolute Gasteiger partial charge is 0.239 e. The summed E-state index contributed by atoms with van der Waals surface area (Å²) in [5.41, 5.74) is -0.478. The van der Waals surface area contributed by atoms with E-state index in [2.05, 4.69) is 24.9 Å². The van der Waals surface area contributed by atoms with Crippen molar-refractivity contribution in [3.63, 3.8) is 0 Å². The molecule has 0 rings (SSSR count). The van der Waals surface area contributed by atoms with Gasteiger partial charge in [0.15, 0.2) is 0 Å². The summed E-state index contributed by atoms with van der Waals surface area (Å²) in [7, 11) is 1.56. The zero-order chi connectivity index (χ0) is 19.5. The number of Topliss-reactive ketones (excluding diaryl/α,β-unsaturated/α-hetero) is 1. The number of nitrogens with one attached hydrogen (secondary N) is 1. The van der Waals surface area contributed by atoms with E-state index in [-0.39, 0.29) is 42.2 Å². The molecule has 5 nitrogen and oxygen atoms in total. The van der Waals surface area contributed by atoms with Crippen molar-refractivity contribution in [1.29, 1.82) is 0 Å². The van der Waals surface area contributed by atoms with Crippen molar-refractivity contribution < 1.29 is 14.4 Å². The van der Waals surface area contributed by atoms with Crippen LogP contribution >= 0.6 is 12.6 Å². The first-order valence-corrected chi connectivity index (χ1v) is 9.95. The second-order valence-corrected chi connectivity index (χ2v) is 7.89. The zero-order valence-electron chi connectivity index (χ0n) is 16.6. The lowest BCUT2D eigenvalue weighted by Gasteiger charge is -2.37. The number of ketones is 1. The van der Waals surface area contributed by atoms with E-state index in [0.29, 0.717) is 6.42 Å². The van der Waals surface area contributed by atoms with Crippen molar-refractivity contribution in [2.75, 3.05) is 19.3 Å². The molecule has 0 spiro atoms. The predicted octanol–water partition coefficient (Wildman–Crippen LogP) is 3.23. The Morgan fingerprint density at radius 1 is 1.08 bits per heavy atom. The Balaban J connectivity index is 5.09. The number of hydrogen-bond acceptors (Lipinski definition) is 4. The van der Waals surface area contributed by atoms with Gasteiger partial charge in [0.25, 0.3) is 0 Å². The van der Waals surface area contributed by atoms with Crippen LogP contribution in [0.25, 0.3) is 0 Å². The average Bonchev–Trinajstić information content (AvgIpc) is 2.56. The van der Waals surface area contributed by atoms with Crippen LogP contribution in [0.1, 0.15) is 72.6 Å². The van der Waals surface area contributed by atoms with Crippen molar-refractivity contribution in [2.45, 2.75) is 78.2 Å². The van der Waals surface area contributed by atoms with Gasteiger partial charge >= 0.3 is 0 Å². The first-order valence-electron chi connectivity index (χ1n) is 9.31. The molecule has 0 aromatic heterocycles. The summed E-state index contributed by atoms with van der Waals surface area (Å²) in [6.07, 6.45) is 6.40. The van der Waals surface area contributed by atoms with Crippen molar-refractivity contribution in [3.05, 3.63) is 0 Å². The van der Waals surface area contributed by atoms with Crippen LogP contribution in [0.15, 0.2) is 0 Å². The van der Waals surface area contributed by atoms with Crippen LogP contribution < -0.4 is 5.32 Å². The molecule has 25 heavy (non-hydrogen) atoms. The molecule has 146 valence electrons.